The molecular formula is C22H26F4N6O2. The average Bonchev–Trinajstić information content (AvgIpc) is 3.62. The molecule has 12 heteroatoms. The Morgan fingerprint density at radius 1 is 1.18 bits per heavy atom. The molecule has 1 aromatic carbocycles. The van der Waals surface area contributed by atoms with E-state index >= 15 is 4.39 Å². The molecule has 1 saturated heterocycles. The van der Waals surface area contributed by atoms with Gasteiger partial charge in [-0.25, -0.2) is 14.8 Å². The van der Waals surface area contributed by atoms with Gasteiger partial charge in [-0.3, -0.25) is 0 Å². The van der Waals surface area contributed by atoms with Crippen molar-refractivity contribution in [3.8, 4) is 0 Å². The molecule has 34 heavy (non-hydrogen) atoms. The highest BCUT2D eigenvalue weighted by molar-refractivity contribution is 5.66. The number of anilines is 2. The number of carboxylic acid groups (broad SMARTS) is 1. The Kier molecular flexibility index (Phi) is 6.78. The molecule has 2 fully saturated rings. The van der Waals surface area contributed by atoms with Crippen molar-refractivity contribution in [2.24, 2.45) is 0 Å². The molecule has 1 amide bonds. The molecule has 0 bridgehead atoms. The van der Waals surface area contributed by atoms with Crippen molar-refractivity contribution in [1.82, 2.24) is 20.6 Å². The number of carbonyl (C=O) groups is 1. The molecule has 4 rings (SSSR count). The van der Waals surface area contributed by atoms with E-state index in [1.807, 2.05) is 0 Å². The Bertz CT molecular complexity index is 1010. The summed E-state index contributed by atoms with van der Waals surface area (Å²) in [4.78, 5) is 21.2. The Morgan fingerprint density at radius 2 is 1.85 bits per heavy atom. The van der Waals surface area contributed by atoms with Crippen LogP contribution >= 0.6 is 0 Å². The van der Waals surface area contributed by atoms with Crippen molar-refractivity contribution >= 4 is 17.7 Å². The summed E-state index contributed by atoms with van der Waals surface area (Å²) >= 11 is 0. The second kappa shape index (κ2) is 9.61. The number of piperidine rings is 1. The first-order chi connectivity index (χ1) is 16.2. The first kappa shape index (κ1) is 24.0. The van der Waals surface area contributed by atoms with Crippen LogP contribution in [0, 0.1) is 5.82 Å². The molecule has 0 radical (unpaired) electrons. The molecule has 8 nitrogen and oxygen atoms in total. The number of amides is 1. The van der Waals surface area contributed by atoms with Gasteiger partial charge in [0.25, 0.3) is 0 Å². The van der Waals surface area contributed by atoms with Crippen molar-refractivity contribution in [1.29, 1.82) is 0 Å². The Balaban J connectivity index is 1.51. The number of rotatable bonds is 8. The van der Waals surface area contributed by atoms with Crippen LogP contribution in [0.4, 0.5) is 34.0 Å². The van der Waals surface area contributed by atoms with Gasteiger partial charge < -0.3 is 26.0 Å². The number of halogens is 4. The molecule has 1 aliphatic carbocycles. The lowest BCUT2D eigenvalue weighted by Gasteiger charge is -2.37. The number of hydrogen-bond acceptors (Lipinski definition) is 6. The summed E-state index contributed by atoms with van der Waals surface area (Å²) in [6.07, 6.45) is -1.62. The van der Waals surface area contributed by atoms with Gasteiger partial charge in [0.2, 0.25) is 5.82 Å². The van der Waals surface area contributed by atoms with E-state index in [9.17, 15) is 23.1 Å². The average molecular weight is 482 g/mol. The zero-order valence-corrected chi connectivity index (χ0v) is 18.3. The fraction of sp³-hybridized carbons (Fsp3) is 0.500. The predicted molar refractivity (Wildman–Crippen MR) is 117 cm³/mol. The van der Waals surface area contributed by atoms with E-state index in [0.717, 1.165) is 25.0 Å². The zero-order chi connectivity index (χ0) is 24.3. The topological polar surface area (TPSA) is 102 Å². The summed E-state index contributed by atoms with van der Waals surface area (Å²) in [6, 6.07) is 4.82. The van der Waals surface area contributed by atoms with Crippen molar-refractivity contribution < 1.29 is 27.5 Å². The molecule has 2 heterocycles. The monoisotopic (exact) mass is 482 g/mol. The highest BCUT2D eigenvalue weighted by atomic mass is 19.4. The van der Waals surface area contributed by atoms with Crippen LogP contribution in [0.1, 0.15) is 36.8 Å². The van der Waals surface area contributed by atoms with Crippen LogP contribution in [-0.2, 0) is 12.7 Å². The highest BCUT2D eigenvalue weighted by Crippen LogP contribution is 2.35. The Morgan fingerprint density at radius 3 is 2.44 bits per heavy atom. The molecule has 2 aromatic rings. The fourth-order valence-electron chi connectivity index (χ4n) is 4.17. The third-order valence-corrected chi connectivity index (χ3v) is 6.19. The van der Waals surface area contributed by atoms with Crippen molar-refractivity contribution in [2.45, 2.75) is 50.0 Å². The first-order valence-electron chi connectivity index (χ1n) is 11.1. The van der Waals surface area contributed by atoms with E-state index in [1.165, 1.54) is 18.5 Å². The Labute approximate surface area is 193 Å². The third kappa shape index (κ3) is 5.66. The molecule has 1 aliphatic heterocycles. The lowest BCUT2D eigenvalue weighted by Crippen LogP contribution is -2.58. The maximum atomic E-state index is 15.4. The summed E-state index contributed by atoms with van der Waals surface area (Å²) in [7, 11) is 0. The SMILES string of the molecule is O=C(O)NC1(CNc2ncnc(N(Cc3ccc(C(F)(F)F)cc3)C3CC3)c2F)CCNCC1. The van der Waals surface area contributed by atoms with E-state index < -0.39 is 29.2 Å². The summed E-state index contributed by atoms with van der Waals surface area (Å²) in [5.41, 5.74) is -0.895. The number of nitrogens with zero attached hydrogens (tertiary/aromatic N) is 3. The molecule has 0 atom stereocenters. The highest BCUT2D eigenvalue weighted by Gasteiger charge is 2.36. The van der Waals surface area contributed by atoms with Gasteiger partial charge in [-0.15, -0.1) is 0 Å². The maximum Gasteiger partial charge on any atom is 0.416 e. The van der Waals surface area contributed by atoms with Crippen LogP contribution in [0.15, 0.2) is 30.6 Å². The normalized spacial score (nSPS) is 17.8. The van der Waals surface area contributed by atoms with E-state index in [0.29, 0.717) is 31.5 Å². The number of hydrogen-bond donors (Lipinski definition) is 4. The standard InChI is InChI=1S/C22H26F4N6O2/c23-17-18(28-12-21(31-20(33)34)7-9-27-10-8-21)29-13-30-19(17)32(16-5-6-16)11-14-1-3-15(4-2-14)22(24,25)26/h1-4,13,16,27,31H,5-12H2,(H,33,34)(H,28,29,30). The molecule has 1 saturated carbocycles. The molecule has 0 spiro atoms. The van der Waals surface area contributed by atoms with Crippen molar-refractivity contribution in [3.05, 3.63) is 47.5 Å². The first-order valence-corrected chi connectivity index (χ1v) is 11.1. The second-order valence-electron chi connectivity index (χ2n) is 8.73. The third-order valence-electron chi connectivity index (χ3n) is 6.19. The summed E-state index contributed by atoms with van der Waals surface area (Å²) in [5, 5.41) is 17.9. The fourth-order valence-corrected chi connectivity index (χ4v) is 4.17. The van der Waals surface area contributed by atoms with Gasteiger partial charge in [0.1, 0.15) is 6.33 Å². The van der Waals surface area contributed by atoms with E-state index in [2.05, 4.69) is 25.9 Å². The van der Waals surface area contributed by atoms with Gasteiger partial charge in [-0.2, -0.15) is 17.6 Å². The van der Waals surface area contributed by atoms with Gasteiger partial charge >= 0.3 is 12.3 Å². The van der Waals surface area contributed by atoms with E-state index in [4.69, 9.17) is 0 Å². The summed E-state index contributed by atoms with van der Waals surface area (Å²) in [6.45, 7) is 1.60. The van der Waals surface area contributed by atoms with Crippen LogP contribution in [0.2, 0.25) is 0 Å². The molecule has 184 valence electrons. The number of alkyl halides is 3. The molecule has 2 aliphatic rings. The van der Waals surface area contributed by atoms with Crippen LogP contribution in [0.5, 0.6) is 0 Å². The molecular weight excluding hydrogens is 456 g/mol. The van der Waals surface area contributed by atoms with Gasteiger partial charge in [-0.05, 0) is 56.5 Å². The van der Waals surface area contributed by atoms with Crippen LogP contribution in [0.25, 0.3) is 0 Å². The van der Waals surface area contributed by atoms with Gasteiger partial charge in [0, 0.05) is 19.1 Å². The minimum atomic E-state index is -4.42. The smallest absolute Gasteiger partial charge is 0.416 e. The largest absolute Gasteiger partial charge is 0.465 e. The van der Waals surface area contributed by atoms with Gasteiger partial charge in [0.15, 0.2) is 11.6 Å². The van der Waals surface area contributed by atoms with Crippen LogP contribution in [-0.4, -0.2) is 52.4 Å². The minimum Gasteiger partial charge on any atom is -0.465 e. The van der Waals surface area contributed by atoms with Crippen LogP contribution < -0.4 is 20.9 Å². The number of nitrogens with one attached hydrogen (secondary N) is 3. The van der Waals surface area contributed by atoms with E-state index in [-0.39, 0.29) is 30.8 Å². The lowest BCUT2D eigenvalue weighted by atomic mass is 9.88. The quantitative estimate of drug-likeness (QED) is 0.427. The van der Waals surface area contributed by atoms with Crippen molar-refractivity contribution in [2.75, 3.05) is 29.9 Å². The minimum absolute atomic E-state index is 0.0315. The maximum absolute atomic E-state index is 15.4. The number of aromatic nitrogens is 2. The second-order valence-corrected chi connectivity index (χ2v) is 8.73. The van der Waals surface area contributed by atoms with Gasteiger partial charge in [0.05, 0.1) is 11.1 Å². The number of benzene rings is 1. The lowest BCUT2D eigenvalue weighted by molar-refractivity contribution is -0.137. The van der Waals surface area contributed by atoms with Crippen molar-refractivity contribution in [3.63, 3.8) is 0 Å². The predicted octanol–water partition coefficient (Wildman–Crippen LogP) is 3.61. The van der Waals surface area contributed by atoms with Crippen LogP contribution in [0.3, 0.4) is 0 Å². The molecule has 1 aromatic heterocycles. The van der Waals surface area contributed by atoms with Gasteiger partial charge in [-0.1, -0.05) is 12.1 Å². The molecule has 0 unspecified atom stereocenters. The van der Waals surface area contributed by atoms with E-state index in [1.54, 1.807) is 4.90 Å². The summed E-state index contributed by atoms with van der Waals surface area (Å²) < 4.78 is 54.0. The Hall–Kier alpha value is -3.15. The molecule has 4 N–H and O–H groups in total. The summed E-state index contributed by atoms with van der Waals surface area (Å²) in [5.74, 6) is -0.667. The zero-order valence-electron chi connectivity index (χ0n) is 18.3.